The van der Waals surface area contributed by atoms with Crippen molar-refractivity contribution in [2.75, 3.05) is 11.9 Å². The first-order valence-corrected chi connectivity index (χ1v) is 12.3. The number of rotatable bonds is 5. The Balaban J connectivity index is 1.61. The van der Waals surface area contributed by atoms with Crippen LogP contribution < -0.4 is 11.1 Å². The van der Waals surface area contributed by atoms with Crippen molar-refractivity contribution in [3.8, 4) is 0 Å². The van der Waals surface area contributed by atoms with Crippen LogP contribution in [0.25, 0.3) is 0 Å². The summed E-state index contributed by atoms with van der Waals surface area (Å²) in [4.78, 5) is 26.1. The number of aryl methyl sites for hydroxylation is 1. The third-order valence-corrected chi connectivity index (χ3v) is 9.71. The molecule has 0 radical (unpaired) electrons. The van der Waals surface area contributed by atoms with Gasteiger partial charge in [0, 0.05) is 11.4 Å². The first-order valence-electron chi connectivity index (χ1n) is 9.20. The molecule has 7 nitrogen and oxygen atoms in total. The number of anilines is 1. The van der Waals surface area contributed by atoms with Crippen LogP contribution in [-0.2, 0) is 27.7 Å². The first-order chi connectivity index (χ1) is 13.4. The lowest BCUT2D eigenvalue weighted by atomic mass is 10.0. The molecule has 28 heavy (non-hydrogen) atoms. The van der Waals surface area contributed by atoms with Crippen molar-refractivity contribution in [2.45, 2.75) is 48.8 Å². The predicted octanol–water partition coefficient (Wildman–Crippen LogP) is 2.58. The second-order valence-electron chi connectivity index (χ2n) is 6.97. The van der Waals surface area contributed by atoms with Gasteiger partial charge in [0.2, 0.25) is 5.91 Å². The van der Waals surface area contributed by atoms with Gasteiger partial charge < -0.3 is 11.1 Å². The Kier molecular flexibility index (Phi) is 5.30. The molecule has 3 N–H and O–H groups in total. The van der Waals surface area contributed by atoms with E-state index in [2.05, 4.69) is 5.32 Å². The molecule has 10 heteroatoms. The van der Waals surface area contributed by atoms with Crippen molar-refractivity contribution in [3.05, 3.63) is 33.5 Å². The van der Waals surface area contributed by atoms with Crippen molar-refractivity contribution in [3.63, 3.8) is 0 Å². The van der Waals surface area contributed by atoms with Crippen LogP contribution in [0, 0.1) is 0 Å². The largest absolute Gasteiger partial charge is 0.365 e. The van der Waals surface area contributed by atoms with Crippen molar-refractivity contribution in [1.82, 2.24) is 4.31 Å². The van der Waals surface area contributed by atoms with E-state index in [1.54, 1.807) is 17.5 Å². The molecule has 150 valence electrons. The molecule has 2 aromatic rings. The van der Waals surface area contributed by atoms with Gasteiger partial charge in [-0.2, -0.15) is 4.31 Å². The summed E-state index contributed by atoms with van der Waals surface area (Å²) in [6, 6.07) is 2.44. The Morgan fingerprint density at radius 3 is 2.75 bits per heavy atom. The van der Waals surface area contributed by atoms with Crippen LogP contribution in [-0.4, -0.2) is 37.1 Å². The topological polar surface area (TPSA) is 110 Å². The fraction of sp³-hybridized carbons (Fsp3) is 0.444. The minimum absolute atomic E-state index is 0.236. The molecule has 4 rings (SSSR count). The second kappa shape index (κ2) is 7.58. The highest BCUT2D eigenvalue weighted by atomic mass is 32.2. The third-order valence-electron chi connectivity index (χ3n) is 5.22. The Bertz CT molecular complexity index is 1010. The molecule has 2 aliphatic rings. The van der Waals surface area contributed by atoms with Gasteiger partial charge in [-0.25, -0.2) is 8.42 Å². The maximum atomic E-state index is 13.0. The number of piperidine rings is 1. The quantitative estimate of drug-likeness (QED) is 0.746. The number of primary amides is 1. The lowest BCUT2D eigenvalue weighted by Gasteiger charge is -2.33. The van der Waals surface area contributed by atoms with Crippen molar-refractivity contribution in [1.29, 1.82) is 0 Å². The van der Waals surface area contributed by atoms with E-state index >= 15 is 0 Å². The van der Waals surface area contributed by atoms with Crippen molar-refractivity contribution in [2.24, 2.45) is 5.73 Å². The molecular weight excluding hydrogens is 418 g/mol. The van der Waals surface area contributed by atoms with Crippen LogP contribution in [0.1, 0.15) is 46.5 Å². The molecule has 2 amide bonds. The zero-order chi connectivity index (χ0) is 19.9. The van der Waals surface area contributed by atoms with Gasteiger partial charge in [-0.3, -0.25) is 9.59 Å². The van der Waals surface area contributed by atoms with E-state index in [1.807, 2.05) is 0 Å². The standard InChI is InChI=1S/C18H21N3O4S3/c19-16(22)15-11-5-3-7-13(11)27-18(15)20-17(23)12-6-1-2-9-21(12)28(24,25)14-8-4-10-26-14/h4,8,10,12H,1-3,5-7,9H2,(H2,19,22)(H,20,23)/t12-/m0/s1. The first kappa shape index (κ1) is 19.6. The molecule has 1 saturated heterocycles. The number of nitrogens with zero attached hydrogens (tertiary/aromatic N) is 1. The van der Waals surface area contributed by atoms with Gasteiger partial charge in [-0.05, 0) is 49.1 Å². The van der Waals surface area contributed by atoms with E-state index in [0.717, 1.165) is 47.5 Å². The molecule has 1 aliphatic heterocycles. The summed E-state index contributed by atoms with van der Waals surface area (Å²) in [5.74, 6) is -0.955. The van der Waals surface area contributed by atoms with E-state index in [-0.39, 0.29) is 4.21 Å². The highest BCUT2D eigenvalue weighted by Crippen LogP contribution is 2.39. The molecule has 1 fully saturated rings. The van der Waals surface area contributed by atoms with Crippen LogP contribution in [0.2, 0.25) is 0 Å². The Labute approximate surface area is 171 Å². The number of amides is 2. The van der Waals surface area contributed by atoms with Gasteiger partial charge in [0.15, 0.2) is 0 Å². The summed E-state index contributed by atoms with van der Waals surface area (Å²) >= 11 is 2.52. The monoisotopic (exact) mass is 439 g/mol. The second-order valence-corrected chi connectivity index (χ2v) is 11.1. The van der Waals surface area contributed by atoms with E-state index in [0.29, 0.717) is 30.0 Å². The maximum absolute atomic E-state index is 13.0. The minimum Gasteiger partial charge on any atom is -0.365 e. The Morgan fingerprint density at radius 1 is 1.21 bits per heavy atom. The van der Waals surface area contributed by atoms with Gasteiger partial charge in [0.25, 0.3) is 15.9 Å². The molecule has 0 saturated carbocycles. The van der Waals surface area contributed by atoms with Gasteiger partial charge in [-0.15, -0.1) is 22.7 Å². The van der Waals surface area contributed by atoms with Crippen LogP contribution in [0.5, 0.6) is 0 Å². The van der Waals surface area contributed by atoms with Crippen LogP contribution in [0.4, 0.5) is 5.00 Å². The Morgan fingerprint density at radius 2 is 2.04 bits per heavy atom. The lowest BCUT2D eigenvalue weighted by Crippen LogP contribution is -2.49. The predicted molar refractivity (Wildman–Crippen MR) is 109 cm³/mol. The van der Waals surface area contributed by atoms with Crippen molar-refractivity contribution >= 4 is 49.5 Å². The Hall–Kier alpha value is -1.75. The highest BCUT2D eigenvalue weighted by molar-refractivity contribution is 7.91. The van der Waals surface area contributed by atoms with Crippen LogP contribution in [0.3, 0.4) is 0 Å². The van der Waals surface area contributed by atoms with E-state index < -0.39 is 27.9 Å². The average molecular weight is 440 g/mol. The van der Waals surface area contributed by atoms with Gasteiger partial charge in [-0.1, -0.05) is 12.5 Å². The number of carbonyl (C=O) groups is 2. The SMILES string of the molecule is NC(=O)c1c(NC(=O)[C@@H]2CCCCN2S(=O)(=O)c2cccs2)sc2c1CCC2. The van der Waals surface area contributed by atoms with E-state index in [9.17, 15) is 18.0 Å². The number of nitrogens with one attached hydrogen (secondary N) is 1. The smallest absolute Gasteiger partial charge is 0.253 e. The number of hydrogen-bond donors (Lipinski definition) is 2. The number of sulfonamides is 1. The molecule has 0 spiro atoms. The molecule has 2 aromatic heterocycles. The molecule has 0 unspecified atom stereocenters. The number of thiophene rings is 2. The molecule has 1 atom stereocenters. The fourth-order valence-electron chi connectivity index (χ4n) is 3.93. The van der Waals surface area contributed by atoms with Crippen LogP contribution in [0.15, 0.2) is 21.7 Å². The summed E-state index contributed by atoms with van der Waals surface area (Å²) in [7, 11) is -3.73. The molecule has 3 heterocycles. The number of fused-ring (bicyclic) bond motifs is 1. The zero-order valence-electron chi connectivity index (χ0n) is 15.1. The molecule has 0 bridgehead atoms. The van der Waals surface area contributed by atoms with Gasteiger partial charge in [0.05, 0.1) is 5.56 Å². The maximum Gasteiger partial charge on any atom is 0.253 e. The average Bonchev–Trinajstić information content (AvgIpc) is 3.38. The molecular formula is C18H21N3O4S3. The van der Waals surface area contributed by atoms with Gasteiger partial charge in [0.1, 0.15) is 15.3 Å². The highest BCUT2D eigenvalue weighted by Gasteiger charge is 2.39. The molecule has 0 aromatic carbocycles. The summed E-state index contributed by atoms with van der Waals surface area (Å²) in [5.41, 5.74) is 6.87. The summed E-state index contributed by atoms with van der Waals surface area (Å²) in [6.07, 6.45) is 4.58. The third kappa shape index (κ3) is 3.38. The fourth-order valence-corrected chi connectivity index (χ4v) is 8.00. The van der Waals surface area contributed by atoms with E-state index in [1.165, 1.54) is 15.6 Å². The van der Waals surface area contributed by atoms with Crippen molar-refractivity contribution < 1.29 is 18.0 Å². The summed E-state index contributed by atoms with van der Waals surface area (Å²) in [6.45, 7) is 0.307. The summed E-state index contributed by atoms with van der Waals surface area (Å²) < 4.78 is 27.5. The van der Waals surface area contributed by atoms with Crippen LogP contribution >= 0.6 is 22.7 Å². The minimum atomic E-state index is -3.73. The summed E-state index contributed by atoms with van der Waals surface area (Å²) in [5, 5.41) is 4.97. The van der Waals surface area contributed by atoms with Gasteiger partial charge >= 0.3 is 0 Å². The normalized spacial score (nSPS) is 20.1. The van der Waals surface area contributed by atoms with E-state index in [4.69, 9.17) is 5.73 Å². The number of carbonyl (C=O) groups excluding carboxylic acids is 2. The molecule has 1 aliphatic carbocycles. The number of hydrogen-bond acceptors (Lipinski definition) is 6. The number of nitrogens with two attached hydrogens (primary N) is 1. The zero-order valence-corrected chi connectivity index (χ0v) is 17.6. The lowest BCUT2D eigenvalue weighted by molar-refractivity contribution is -0.120.